The third-order valence-electron chi connectivity index (χ3n) is 4.63. The van der Waals surface area contributed by atoms with E-state index in [9.17, 15) is 9.59 Å². The molecule has 0 spiro atoms. The second kappa shape index (κ2) is 6.71. The molecule has 3 heterocycles. The zero-order chi connectivity index (χ0) is 19.0. The summed E-state index contributed by atoms with van der Waals surface area (Å²) in [6, 6.07) is 9.79. The molecule has 0 unspecified atom stereocenters. The van der Waals surface area contributed by atoms with Gasteiger partial charge in [0, 0.05) is 51.7 Å². The molecule has 27 heavy (non-hydrogen) atoms. The number of hydrogen-bond donors (Lipinski definition) is 0. The van der Waals surface area contributed by atoms with Crippen molar-refractivity contribution in [2.24, 2.45) is 0 Å². The van der Waals surface area contributed by atoms with Gasteiger partial charge >= 0.3 is 0 Å². The Labute approximate surface area is 156 Å². The van der Waals surface area contributed by atoms with Gasteiger partial charge in [0.2, 0.25) is 0 Å². The number of aromatic nitrogens is 4. The van der Waals surface area contributed by atoms with Gasteiger partial charge in [-0.2, -0.15) is 5.10 Å². The molecular weight excluding hydrogens is 344 g/mol. The van der Waals surface area contributed by atoms with Crippen LogP contribution in [0.4, 0.5) is 0 Å². The number of imidazole rings is 1. The zero-order valence-electron chi connectivity index (χ0n) is 15.2. The molecule has 2 aromatic heterocycles. The molecule has 8 nitrogen and oxygen atoms in total. The molecule has 0 N–H and O–H groups in total. The molecule has 0 saturated heterocycles. The maximum absolute atomic E-state index is 12.7. The monoisotopic (exact) mass is 364 g/mol. The van der Waals surface area contributed by atoms with Gasteiger partial charge < -0.3 is 14.4 Å². The Bertz CT molecular complexity index is 991. The summed E-state index contributed by atoms with van der Waals surface area (Å²) >= 11 is 0. The predicted octanol–water partition coefficient (Wildman–Crippen LogP) is 1.43. The van der Waals surface area contributed by atoms with Gasteiger partial charge in [0.15, 0.2) is 5.82 Å². The highest BCUT2D eigenvalue weighted by Crippen LogP contribution is 2.14. The fourth-order valence-electron chi connectivity index (χ4n) is 3.09. The average molecular weight is 364 g/mol. The molecule has 3 aromatic rings. The van der Waals surface area contributed by atoms with Crippen LogP contribution in [0.5, 0.6) is 0 Å². The van der Waals surface area contributed by atoms with E-state index in [4.69, 9.17) is 0 Å². The van der Waals surface area contributed by atoms with Crippen molar-refractivity contribution in [2.75, 3.05) is 20.6 Å². The van der Waals surface area contributed by atoms with E-state index in [1.807, 2.05) is 36.5 Å². The van der Waals surface area contributed by atoms with Crippen LogP contribution in [0.1, 0.15) is 26.7 Å². The molecule has 0 radical (unpaired) electrons. The number of fused-ring (bicyclic) bond motifs is 1. The Kier molecular flexibility index (Phi) is 4.23. The number of nitrogens with zero attached hydrogens (tertiary/aromatic N) is 6. The van der Waals surface area contributed by atoms with E-state index in [2.05, 4.69) is 10.1 Å². The van der Waals surface area contributed by atoms with Crippen molar-refractivity contribution in [3.63, 3.8) is 0 Å². The summed E-state index contributed by atoms with van der Waals surface area (Å²) in [5, 5.41) is 4.35. The van der Waals surface area contributed by atoms with Crippen molar-refractivity contribution in [3.8, 4) is 5.69 Å². The Morgan fingerprint density at radius 3 is 2.74 bits per heavy atom. The first-order valence-electron chi connectivity index (χ1n) is 8.70. The maximum Gasteiger partial charge on any atom is 0.289 e. The zero-order valence-corrected chi connectivity index (χ0v) is 15.2. The number of para-hydroxylation sites is 1. The van der Waals surface area contributed by atoms with Crippen LogP contribution in [-0.2, 0) is 13.1 Å². The lowest BCUT2D eigenvalue weighted by Gasteiger charge is -2.22. The highest BCUT2D eigenvalue weighted by molar-refractivity contribution is 5.96. The summed E-state index contributed by atoms with van der Waals surface area (Å²) in [5.41, 5.74) is 2.16. The van der Waals surface area contributed by atoms with Crippen LogP contribution >= 0.6 is 0 Å². The first-order valence-corrected chi connectivity index (χ1v) is 8.70. The molecule has 0 fully saturated rings. The topological polar surface area (TPSA) is 76.3 Å². The largest absolute Gasteiger partial charge is 0.337 e. The van der Waals surface area contributed by atoms with Crippen molar-refractivity contribution in [3.05, 3.63) is 66.0 Å². The number of likely N-dealkylation sites (N-methyl/N-ethyl adjacent to an activating group) is 1. The molecule has 0 atom stereocenters. The smallest absolute Gasteiger partial charge is 0.289 e. The lowest BCUT2D eigenvalue weighted by atomic mass is 10.3. The molecule has 8 heteroatoms. The number of amides is 2. The minimum Gasteiger partial charge on any atom is -0.337 e. The molecule has 2 amide bonds. The second-order valence-corrected chi connectivity index (χ2v) is 6.66. The third kappa shape index (κ3) is 3.21. The van der Waals surface area contributed by atoms with Crippen LogP contribution in [0, 0.1) is 0 Å². The minimum absolute atomic E-state index is 0.160. The van der Waals surface area contributed by atoms with E-state index in [-0.39, 0.29) is 17.5 Å². The second-order valence-electron chi connectivity index (χ2n) is 6.66. The van der Waals surface area contributed by atoms with Gasteiger partial charge in [-0.3, -0.25) is 9.59 Å². The number of hydrogen-bond acceptors (Lipinski definition) is 4. The van der Waals surface area contributed by atoms with Crippen LogP contribution in [-0.4, -0.2) is 61.6 Å². The van der Waals surface area contributed by atoms with Gasteiger partial charge in [-0.05, 0) is 12.1 Å². The highest BCUT2D eigenvalue weighted by Gasteiger charge is 2.27. The van der Waals surface area contributed by atoms with Gasteiger partial charge in [-0.1, -0.05) is 18.2 Å². The van der Waals surface area contributed by atoms with Crippen LogP contribution in [0.15, 0.2) is 48.9 Å². The molecule has 4 rings (SSSR count). The molecule has 1 aliphatic heterocycles. The van der Waals surface area contributed by atoms with E-state index in [0.29, 0.717) is 25.5 Å². The van der Waals surface area contributed by atoms with Crippen LogP contribution in [0.3, 0.4) is 0 Å². The summed E-state index contributed by atoms with van der Waals surface area (Å²) in [4.78, 5) is 32.3. The Balaban J connectivity index is 1.48. The SMILES string of the molecule is CN(Cc1cnn(-c2ccccc2)c1)C(=O)c1cn2c(n1)C(=O)N(C)CC2. The van der Waals surface area contributed by atoms with Gasteiger partial charge in [0.1, 0.15) is 5.69 Å². The lowest BCUT2D eigenvalue weighted by molar-refractivity contribution is 0.0741. The number of rotatable bonds is 4. The van der Waals surface area contributed by atoms with E-state index < -0.39 is 0 Å². The number of carbonyl (C=O) groups is 2. The van der Waals surface area contributed by atoms with Crippen LogP contribution < -0.4 is 0 Å². The van der Waals surface area contributed by atoms with Crippen molar-refractivity contribution in [1.82, 2.24) is 29.1 Å². The molecule has 0 aliphatic carbocycles. The van der Waals surface area contributed by atoms with Crippen molar-refractivity contribution in [2.45, 2.75) is 13.1 Å². The van der Waals surface area contributed by atoms with E-state index in [0.717, 1.165) is 11.3 Å². The number of benzene rings is 1. The Hall–Kier alpha value is -3.42. The van der Waals surface area contributed by atoms with Gasteiger partial charge in [-0.15, -0.1) is 0 Å². The van der Waals surface area contributed by atoms with E-state index in [1.54, 1.807) is 45.5 Å². The van der Waals surface area contributed by atoms with Gasteiger partial charge in [0.25, 0.3) is 11.8 Å². The highest BCUT2D eigenvalue weighted by atomic mass is 16.2. The van der Waals surface area contributed by atoms with Crippen molar-refractivity contribution >= 4 is 11.8 Å². The summed E-state index contributed by atoms with van der Waals surface area (Å²) < 4.78 is 3.52. The summed E-state index contributed by atoms with van der Waals surface area (Å²) in [6.45, 7) is 1.66. The van der Waals surface area contributed by atoms with E-state index >= 15 is 0 Å². The fourth-order valence-corrected chi connectivity index (χ4v) is 3.09. The maximum atomic E-state index is 12.7. The molecule has 138 valence electrons. The first-order chi connectivity index (χ1) is 13.0. The Morgan fingerprint density at radius 1 is 1.19 bits per heavy atom. The summed E-state index contributed by atoms with van der Waals surface area (Å²) in [5.74, 6) is -0.0655. The fraction of sp³-hybridized carbons (Fsp3) is 0.263. The number of carbonyl (C=O) groups excluding carboxylic acids is 2. The van der Waals surface area contributed by atoms with Gasteiger partial charge in [-0.25, -0.2) is 9.67 Å². The minimum atomic E-state index is -0.222. The first kappa shape index (κ1) is 17.0. The predicted molar refractivity (Wildman–Crippen MR) is 98.5 cm³/mol. The van der Waals surface area contributed by atoms with Crippen molar-refractivity contribution in [1.29, 1.82) is 0 Å². The average Bonchev–Trinajstić information content (AvgIpc) is 3.32. The molecule has 0 bridgehead atoms. The molecule has 1 aliphatic rings. The Morgan fingerprint density at radius 2 is 1.96 bits per heavy atom. The van der Waals surface area contributed by atoms with Crippen LogP contribution in [0.2, 0.25) is 0 Å². The van der Waals surface area contributed by atoms with Gasteiger partial charge in [0.05, 0.1) is 11.9 Å². The van der Waals surface area contributed by atoms with E-state index in [1.165, 1.54) is 0 Å². The molecular formula is C19H20N6O2. The molecule has 0 saturated carbocycles. The van der Waals surface area contributed by atoms with Crippen molar-refractivity contribution < 1.29 is 9.59 Å². The standard InChI is InChI=1S/C19H20N6O2/c1-22-8-9-24-13-16(21-17(24)19(22)27)18(26)23(2)11-14-10-20-25(12-14)15-6-4-3-5-7-15/h3-7,10,12-13H,8-9,11H2,1-2H3. The summed E-state index contributed by atoms with van der Waals surface area (Å²) in [7, 11) is 3.45. The molecule has 1 aromatic carbocycles. The van der Waals surface area contributed by atoms with Crippen LogP contribution in [0.25, 0.3) is 5.69 Å². The lowest BCUT2D eigenvalue weighted by Crippen LogP contribution is -2.37. The quantitative estimate of drug-likeness (QED) is 0.702. The summed E-state index contributed by atoms with van der Waals surface area (Å²) in [6.07, 6.45) is 5.30. The third-order valence-corrected chi connectivity index (χ3v) is 4.63. The normalized spacial score (nSPS) is 13.6.